The van der Waals surface area contributed by atoms with E-state index < -0.39 is 11.6 Å². The number of allylic oxidation sites excluding steroid dienone is 3. The van der Waals surface area contributed by atoms with Crippen molar-refractivity contribution >= 4 is 17.0 Å². The zero-order valence-corrected chi connectivity index (χ0v) is 13.7. The number of thiazole rings is 1. The summed E-state index contributed by atoms with van der Waals surface area (Å²) in [5.74, 6) is 0.0620. The molecule has 2 heterocycles. The fourth-order valence-corrected chi connectivity index (χ4v) is 3.48. The van der Waals surface area contributed by atoms with E-state index in [1.807, 2.05) is 18.2 Å². The van der Waals surface area contributed by atoms with Crippen LogP contribution in [0.1, 0.15) is 12.8 Å². The molecule has 4 rings (SSSR count). The van der Waals surface area contributed by atoms with Crippen LogP contribution in [-0.4, -0.2) is 18.1 Å². The van der Waals surface area contributed by atoms with Crippen molar-refractivity contribution in [2.24, 2.45) is 0 Å². The standard InChI is InChI=1S/C18H15F2N2OS/c19-14-9-12(10-15(20)17(14)22-7-2-1-3-8-22)18-21-16(11-24-18)23-13-5-4-6-13/h1,4-6,9-11H,2-3,7-8H2. The lowest BCUT2D eigenvalue weighted by molar-refractivity contribution is 0.425. The van der Waals surface area contributed by atoms with Crippen molar-refractivity contribution in [1.82, 2.24) is 4.98 Å². The number of rotatable bonds is 4. The van der Waals surface area contributed by atoms with E-state index in [0.717, 1.165) is 18.6 Å². The minimum atomic E-state index is -0.547. The van der Waals surface area contributed by atoms with Crippen molar-refractivity contribution in [3.8, 4) is 16.5 Å². The van der Waals surface area contributed by atoms with Crippen molar-refractivity contribution in [1.29, 1.82) is 0 Å². The smallest absolute Gasteiger partial charge is 0.230 e. The van der Waals surface area contributed by atoms with Crippen molar-refractivity contribution in [2.75, 3.05) is 18.0 Å². The first-order valence-corrected chi connectivity index (χ1v) is 8.66. The van der Waals surface area contributed by atoms with Crippen LogP contribution >= 0.6 is 11.3 Å². The number of hydrogen-bond donors (Lipinski definition) is 0. The summed E-state index contributed by atoms with van der Waals surface area (Å²) >= 11 is 1.30. The summed E-state index contributed by atoms with van der Waals surface area (Å²) in [7, 11) is 0. The van der Waals surface area contributed by atoms with Gasteiger partial charge in [0.15, 0.2) is 0 Å². The second kappa shape index (κ2) is 6.36. The van der Waals surface area contributed by atoms with Gasteiger partial charge in [-0.05, 0) is 43.5 Å². The highest BCUT2D eigenvalue weighted by molar-refractivity contribution is 7.13. The molecular formula is C18H15F2N2OS. The van der Waals surface area contributed by atoms with Gasteiger partial charge in [-0.2, -0.15) is 0 Å². The third-order valence-electron chi connectivity index (χ3n) is 4.01. The summed E-state index contributed by atoms with van der Waals surface area (Å²) in [4.78, 5) is 6.06. The second-order valence-corrected chi connectivity index (χ2v) is 6.52. The summed E-state index contributed by atoms with van der Waals surface area (Å²) in [5, 5.41) is 2.26. The predicted molar refractivity (Wildman–Crippen MR) is 91.1 cm³/mol. The Morgan fingerprint density at radius 1 is 1.12 bits per heavy atom. The SMILES string of the molecule is Fc1cc(-c2nc(OC3=CC=C3)cs2)cc(F)c1N1CC[CH]CC1. The molecule has 0 N–H and O–H groups in total. The van der Waals surface area contributed by atoms with E-state index in [9.17, 15) is 8.78 Å². The van der Waals surface area contributed by atoms with E-state index in [1.54, 1.807) is 10.3 Å². The van der Waals surface area contributed by atoms with Crippen LogP contribution in [-0.2, 0) is 0 Å². The lowest BCUT2D eigenvalue weighted by Crippen LogP contribution is -2.31. The van der Waals surface area contributed by atoms with Gasteiger partial charge in [0.05, 0.1) is 5.38 Å². The quantitative estimate of drug-likeness (QED) is 0.801. The van der Waals surface area contributed by atoms with Gasteiger partial charge in [-0.1, -0.05) is 6.08 Å². The second-order valence-electron chi connectivity index (χ2n) is 5.66. The summed E-state index contributed by atoms with van der Waals surface area (Å²) in [6.07, 6.45) is 9.34. The zero-order valence-electron chi connectivity index (χ0n) is 12.8. The molecule has 1 saturated heterocycles. The first-order chi connectivity index (χ1) is 11.7. The monoisotopic (exact) mass is 345 g/mol. The third kappa shape index (κ3) is 2.94. The fraction of sp³-hybridized carbons (Fsp3) is 0.222. The molecule has 0 amide bonds. The van der Waals surface area contributed by atoms with Crippen LogP contribution in [0.2, 0.25) is 0 Å². The van der Waals surface area contributed by atoms with Gasteiger partial charge in [0.1, 0.15) is 28.1 Å². The minimum Gasteiger partial charge on any atom is -0.438 e. The Balaban J connectivity index is 1.59. The number of piperidine rings is 1. The van der Waals surface area contributed by atoms with Gasteiger partial charge < -0.3 is 9.64 Å². The molecule has 0 bridgehead atoms. The van der Waals surface area contributed by atoms with E-state index in [0.29, 0.717) is 29.5 Å². The van der Waals surface area contributed by atoms with Gasteiger partial charge in [0.25, 0.3) is 0 Å². The summed E-state index contributed by atoms with van der Waals surface area (Å²) in [6, 6.07) is 2.70. The Morgan fingerprint density at radius 2 is 1.83 bits per heavy atom. The molecule has 123 valence electrons. The largest absolute Gasteiger partial charge is 0.438 e. The number of aromatic nitrogens is 1. The highest BCUT2D eigenvalue weighted by Crippen LogP contribution is 2.34. The van der Waals surface area contributed by atoms with Gasteiger partial charge in [0.2, 0.25) is 5.88 Å². The number of ether oxygens (including phenoxy) is 1. The molecule has 2 aliphatic rings. The average molecular weight is 345 g/mol. The highest BCUT2D eigenvalue weighted by Gasteiger charge is 2.21. The van der Waals surface area contributed by atoms with E-state index in [1.165, 1.54) is 23.5 Å². The van der Waals surface area contributed by atoms with Gasteiger partial charge in [-0.15, -0.1) is 11.3 Å². The molecule has 1 aromatic heterocycles. The molecular weight excluding hydrogens is 330 g/mol. The van der Waals surface area contributed by atoms with Crippen LogP contribution in [0.5, 0.6) is 5.88 Å². The first kappa shape index (κ1) is 15.3. The molecule has 2 aromatic rings. The molecule has 1 radical (unpaired) electrons. The van der Waals surface area contributed by atoms with Crippen molar-refractivity contribution < 1.29 is 13.5 Å². The molecule has 0 atom stereocenters. The van der Waals surface area contributed by atoms with Crippen LogP contribution in [0.3, 0.4) is 0 Å². The van der Waals surface area contributed by atoms with Crippen LogP contribution in [0.4, 0.5) is 14.5 Å². The van der Waals surface area contributed by atoms with Gasteiger partial charge in [0, 0.05) is 18.7 Å². The summed E-state index contributed by atoms with van der Waals surface area (Å²) in [6.45, 7) is 1.29. The van der Waals surface area contributed by atoms with Crippen LogP contribution < -0.4 is 9.64 Å². The van der Waals surface area contributed by atoms with Crippen molar-refractivity contribution in [2.45, 2.75) is 12.8 Å². The van der Waals surface area contributed by atoms with Crippen LogP contribution in [0.15, 0.2) is 41.5 Å². The number of hydrogen-bond acceptors (Lipinski definition) is 4. The Labute approximate surface area is 142 Å². The van der Waals surface area contributed by atoms with Gasteiger partial charge in [-0.3, -0.25) is 0 Å². The molecule has 1 aliphatic carbocycles. The molecule has 1 fully saturated rings. The Bertz CT molecular complexity index is 799. The van der Waals surface area contributed by atoms with E-state index in [4.69, 9.17) is 4.74 Å². The van der Waals surface area contributed by atoms with E-state index >= 15 is 0 Å². The average Bonchev–Trinajstić information content (AvgIpc) is 3.00. The normalized spacial score (nSPS) is 16.8. The van der Waals surface area contributed by atoms with Crippen LogP contribution in [0.25, 0.3) is 10.6 Å². The molecule has 0 spiro atoms. The molecule has 0 unspecified atom stereocenters. The highest BCUT2D eigenvalue weighted by atomic mass is 32.1. The maximum Gasteiger partial charge on any atom is 0.230 e. The number of benzene rings is 1. The van der Waals surface area contributed by atoms with Crippen molar-refractivity contribution in [3.63, 3.8) is 0 Å². The molecule has 6 heteroatoms. The summed E-state index contributed by atoms with van der Waals surface area (Å²) in [5.41, 5.74) is 0.486. The molecule has 24 heavy (non-hydrogen) atoms. The molecule has 1 aliphatic heterocycles. The topological polar surface area (TPSA) is 25.4 Å². The third-order valence-corrected chi connectivity index (χ3v) is 4.88. The maximum atomic E-state index is 14.5. The fourth-order valence-electron chi connectivity index (χ4n) is 2.77. The first-order valence-electron chi connectivity index (χ1n) is 7.78. The summed E-state index contributed by atoms with van der Waals surface area (Å²) < 4.78 is 34.5. The van der Waals surface area contributed by atoms with Gasteiger partial charge in [-0.25, -0.2) is 13.8 Å². The lowest BCUT2D eigenvalue weighted by Gasteiger charge is -2.29. The Morgan fingerprint density at radius 3 is 2.46 bits per heavy atom. The van der Waals surface area contributed by atoms with E-state index in [-0.39, 0.29) is 5.69 Å². The lowest BCUT2D eigenvalue weighted by atomic mass is 10.1. The molecule has 1 aromatic carbocycles. The number of anilines is 1. The predicted octanol–water partition coefficient (Wildman–Crippen LogP) is 4.73. The van der Waals surface area contributed by atoms with Crippen LogP contribution in [0, 0.1) is 18.1 Å². The molecule has 3 nitrogen and oxygen atoms in total. The zero-order chi connectivity index (χ0) is 16.5. The van der Waals surface area contributed by atoms with E-state index in [2.05, 4.69) is 11.4 Å². The minimum absolute atomic E-state index is 0.0599. The number of nitrogens with zero attached hydrogens (tertiary/aromatic N) is 2. The number of halogens is 2. The van der Waals surface area contributed by atoms with Gasteiger partial charge >= 0.3 is 0 Å². The maximum absolute atomic E-state index is 14.5. The molecule has 0 saturated carbocycles. The Kier molecular flexibility index (Phi) is 4.06. The van der Waals surface area contributed by atoms with Crippen molar-refractivity contribution in [3.05, 3.63) is 59.6 Å². The Hall–Kier alpha value is -2.21.